The molecule has 1 aromatic heterocycles. The van der Waals surface area contributed by atoms with Crippen LogP contribution in [0.4, 0.5) is 4.79 Å². The lowest BCUT2D eigenvalue weighted by atomic mass is 9.96. The van der Waals surface area contributed by atoms with Gasteiger partial charge in [0.1, 0.15) is 5.60 Å². The molecule has 1 aromatic rings. The van der Waals surface area contributed by atoms with Gasteiger partial charge in [0.25, 0.3) is 0 Å². The van der Waals surface area contributed by atoms with Crippen LogP contribution in [0.5, 0.6) is 0 Å². The Hall–Kier alpha value is -1.58. The van der Waals surface area contributed by atoms with Gasteiger partial charge >= 0.3 is 6.09 Å². The Labute approximate surface area is 198 Å². The number of nitrogens with zero attached hydrogens (tertiary/aromatic N) is 4. The van der Waals surface area contributed by atoms with Crippen molar-refractivity contribution in [3.63, 3.8) is 0 Å². The highest BCUT2D eigenvalue weighted by molar-refractivity contribution is 14.0. The highest BCUT2D eigenvalue weighted by atomic mass is 127. The lowest BCUT2D eigenvalue weighted by Gasteiger charge is -2.36. The van der Waals surface area contributed by atoms with E-state index in [0.29, 0.717) is 19.0 Å². The minimum absolute atomic E-state index is 0. The fraction of sp³-hybridized carbons (Fsp3) is 0.682. The van der Waals surface area contributed by atoms with Crippen LogP contribution in [0.3, 0.4) is 0 Å². The number of rotatable bonds is 5. The molecule has 2 heterocycles. The molecule has 1 saturated heterocycles. The van der Waals surface area contributed by atoms with Crippen molar-refractivity contribution in [3.8, 4) is 0 Å². The number of hydrogen-bond donors (Lipinski definition) is 1. The van der Waals surface area contributed by atoms with Crippen molar-refractivity contribution in [3.05, 3.63) is 29.6 Å². The quantitative estimate of drug-likeness (QED) is 0.353. The van der Waals surface area contributed by atoms with Crippen LogP contribution in [0.1, 0.15) is 51.8 Å². The van der Waals surface area contributed by atoms with Gasteiger partial charge in [0.05, 0.1) is 12.2 Å². The molecular weight excluding hydrogens is 493 g/mol. The summed E-state index contributed by atoms with van der Waals surface area (Å²) in [6.07, 6.45) is 3.67. The number of guanidine groups is 1. The molecule has 0 aliphatic carbocycles. The predicted octanol–water partition coefficient (Wildman–Crippen LogP) is 4.05. The second kappa shape index (κ2) is 12.3. The molecule has 170 valence electrons. The summed E-state index contributed by atoms with van der Waals surface area (Å²) in [5.41, 5.74) is 1.76. The van der Waals surface area contributed by atoms with E-state index < -0.39 is 5.60 Å². The van der Waals surface area contributed by atoms with Gasteiger partial charge in [0.2, 0.25) is 0 Å². The number of aryl methyl sites for hydroxylation is 1. The summed E-state index contributed by atoms with van der Waals surface area (Å²) < 4.78 is 5.53. The summed E-state index contributed by atoms with van der Waals surface area (Å²) in [4.78, 5) is 25.4. The number of carbonyl (C=O) groups is 1. The monoisotopic (exact) mass is 531 g/mol. The van der Waals surface area contributed by atoms with E-state index >= 15 is 0 Å². The zero-order valence-electron chi connectivity index (χ0n) is 19.3. The average Bonchev–Trinajstić information content (AvgIpc) is 2.67. The Morgan fingerprint density at radius 2 is 2.03 bits per heavy atom. The molecule has 0 radical (unpaired) electrons. The second-order valence-electron chi connectivity index (χ2n) is 8.62. The van der Waals surface area contributed by atoms with Crippen molar-refractivity contribution in [2.45, 2.75) is 59.6 Å². The number of piperidine rings is 1. The number of likely N-dealkylation sites (tertiary alicyclic amines) is 1. The van der Waals surface area contributed by atoms with Crippen molar-refractivity contribution in [1.82, 2.24) is 20.1 Å². The SMILES string of the molecule is CCN(CC1CCN(C(=NC)NCc2ncccc2C)CC1)C(=O)OC(C)(C)C.I. The number of aliphatic imine (C=N–C) groups is 1. The Kier molecular flexibility index (Phi) is 10.9. The van der Waals surface area contributed by atoms with Gasteiger partial charge in [0, 0.05) is 39.4 Å². The van der Waals surface area contributed by atoms with E-state index in [1.165, 1.54) is 5.56 Å². The van der Waals surface area contributed by atoms with Gasteiger partial charge < -0.3 is 19.9 Å². The first kappa shape index (κ1) is 26.5. The second-order valence-corrected chi connectivity index (χ2v) is 8.62. The summed E-state index contributed by atoms with van der Waals surface area (Å²) in [6, 6.07) is 4.03. The van der Waals surface area contributed by atoms with Crippen LogP contribution in [-0.2, 0) is 11.3 Å². The maximum atomic E-state index is 12.4. The van der Waals surface area contributed by atoms with Gasteiger partial charge in [-0.15, -0.1) is 24.0 Å². The predicted molar refractivity (Wildman–Crippen MR) is 132 cm³/mol. The first-order valence-corrected chi connectivity index (χ1v) is 10.6. The molecule has 1 aliphatic heterocycles. The van der Waals surface area contributed by atoms with Gasteiger partial charge in [0.15, 0.2) is 5.96 Å². The molecule has 1 aliphatic rings. The average molecular weight is 531 g/mol. The molecule has 8 heteroatoms. The summed E-state index contributed by atoms with van der Waals surface area (Å²) >= 11 is 0. The molecule has 1 fully saturated rings. The van der Waals surface area contributed by atoms with E-state index in [2.05, 4.69) is 33.2 Å². The Morgan fingerprint density at radius 1 is 1.37 bits per heavy atom. The van der Waals surface area contributed by atoms with Crippen molar-refractivity contribution < 1.29 is 9.53 Å². The summed E-state index contributed by atoms with van der Waals surface area (Å²) in [5.74, 6) is 1.39. The largest absolute Gasteiger partial charge is 0.444 e. The van der Waals surface area contributed by atoms with Gasteiger partial charge in [-0.2, -0.15) is 0 Å². The fourth-order valence-electron chi connectivity index (χ4n) is 3.50. The molecular formula is C22H38IN5O2. The fourth-order valence-corrected chi connectivity index (χ4v) is 3.50. The lowest BCUT2D eigenvalue weighted by Crippen LogP contribution is -2.47. The Morgan fingerprint density at radius 3 is 2.57 bits per heavy atom. The highest BCUT2D eigenvalue weighted by Crippen LogP contribution is 2.20. The van der Waals surface area contributed by atoms with E-state index in [-0.39, 0.29) is 30.1 Å². The minimum atomic E-state index is -0.460. The van der Waals surface area contributed by atoms with Crippen LogP contribution >= 0.6 is 24.0 Å². The number of halogens is 1. The van der Waals surface area contributed by atoms with Crippen LogP contribution in [0.25, 0.3) is 0 Å². The van der Waals surface area contributed by atoms with Gasteiger partial charge in [-0.25, -0.2) is 4.79 Å². The van der Waals surface area contributed by atoms with Crippen molar-refractivity contribution in [2.75, 3.05) is 33.2 Å². The smallest absolute Gasteiger partial charge is 0.410 e. The first-order valence-electron chi connectivity index (χ1n) is 10.6. The van der Waals surface area contributed by atoms with Gasteiger partial charge in [-0.3, -0.25) is 9.98 Å². The normalized spacial score (nSPS) is 15.4. The minimum Gasteiger partial charge on any atom is -0.444 e. The highest BCUT2D eigenvalue weighted by Gasteiger charge is 2.27. The topological polar surface area (TPSA) is 70.1 Å². The van der Waals surface area contributed by atoms with E-state index in [1.54, 1.807) is 0 Å². The molecule has 0 spiro atoms. The maximum Gasteiger partial charge on any atom is 0.410 e. The van der Waals surface area contributed by atoms with Crippen LogP contribution in [0.2, 0.25) is 0 Å². The first-order chi connectivity index (χ1) is 13.7. The van der Waals surface area contributed by atoms with E-state index in [0.717, 1.165) is 44.1 Å². The number of hydrogen-bond acceptors (Lipinski definition) is 4. The Bertz CT molecular complexity index is 697. The number of aromatic nitrogens is 1. The van der Waals surface area contributed by atoms with Crippen molar-refractivity contribution in [1.29, 1.82) is 0 Å². The third-order valence-corrected chi connectivity index (χ3v) is 5.17. The standard InChI is InChI=1S/C22H37N5O2.HI/c1-7-26(21(28)29-22(3,4)5)16-18-10-13-27(14-11-18)20(23-6)25-15-19-17(2)9-8-12-24-19;/h8-9,12,18H,7,10-11,13-16H2,1-6H3,(H,23,25);1H. The zero-order chi connectivity index (χ0) is 21.4. The molecule has 1 N–H and O–H groups in total. The number of nitrogens with one attached hydrogen (secondary N) is 1. The zero-order valence-corrected chi connectivity index (χ0v) is 21.6. The number of carbonyl (C=O) groups excluding carboxylic acids is 1. The summed E-state index contributed by atoms with van der Waals surface area (Å²) in [7, 11) is 1.82. The molecule has 0 saturated carbocycles. The molecule has 0 unspecified atom stereocenters. The van der Waals surface area contributed by atoms with Crippen LogP contribution in [0, 0.1) is 12.8 Å². The van der Waals surface area contributed by atoms with Crippen LogP contribution in [0.15, 0.2) is 23.3 Å². The Balaban J connectivity index is 0.00000450. The number of pyridine rings is 1. The van der Waals surface area contributed by atoms with Crippen molar-refractivity contribution in [2.24, 2.45) is 10.9 Å². The van der Waals surface area contributed by atoms with Gasteiger partial charge in [-0.1, -0.05) is 6.07 Å². The van der Waals surface area contributed by atoms with Crippen LogP contribution < -0.4 is 5.32 Å². The van der Waals surface area contributed by atoms with Gasteiger partial charge in [-0.05, 0) is 65.0 Å². The van der Waals surface area contributed by atoms with E-state index in [9.17, 15) is 4.79 Å². The van der Waals surface area contributed by atoms with Crippen LogP contribution in [-0.4, -0.2) is 65.7 Å². The number of ether oxygens (including phenoxy) is 1. The molecule has 30 heavy (non-hydrogen) atoms. The molecule has 2 rings (SSSR count). The molecule has 0 bridgehead atoms. The van der Waals surface area contributed by atoms with Crippen molar-refractivity contribution >= 4 is 36.0 Å². The maximum absolute atomic E-state index is 12.4. The third kappa shape index (κ3) is 8.28. The molecule has 0 aromatic carbocycles. The number of amides is 1. The van der Waals surface area contributed by atoms with E-state index in [1.807, 2.05) is 51.9 Å². The third-order valence-electron chi connectivity index (χ3n) is 5.17. The van der Waals surface area contributed by atoms with E-state index in [4.69, 9.17) is 4.74 Å². The molecule has 0 atom stereocenters. The lowest BCUT2D eigenvalue weighted by molar-refractivity contribution is 0.0214. The summed E-state index contributed by atoms with van der Waals surface area (Å²) in [6.45, 7) is 13.7. The summed E-state index contributed by atoms with van der Waals surface area (Å²) in [5, 5.41) is 3.44. The molecule has 1 amide bonds. The molecule has 7 nitrogen and oxygen atoms in total.